The van der Waals surface area contributed by atoms with Crippen LogP contribution in [-0.2, 0) is 0 Å². The van der Waals surface area contributed by atoms with Crippen LogP contribution in [0.1, 0.15) is 11.4 Å². The average Bonchev–Trinajstić information content (AvgIpc) is 2.57. The van der Waals surface area contributed by atoms with Gasteiger partial charge in [-0.15, -0.1) is 0 Å². The number of aromatic nitrogens is 3. The standard InChI is InChI=1S/C10H10BrN3/c1-6-4-3-5-8(9(6)11)10-12-7(2)13-14-10/h3-5H,1-2H3,(H,12,13,14). The largest absolute Gasteiger partial charge is 0.263 e. The number of aromatic amines is 1. The molecule has 72 valence electrons. The van der Waals surface area contributed by atoms with E-state index in [9.17, 15) is 0 Å². The molecule has 0 saturated carbocycles. The predicted molar refractivity (Wildman–Crippen MR) is 59.0 cm³/mol. The molecule has 0 radical (unpaired) electrons. The molecule has 0 atom stereocenters. The first kappa shape index (κ1) is 9.40. The van der Waals surface area contributed by atoms with Gasteiger partial charge >= 0.3 is 0 Å². The maximum atomic E-state index is 4.29. The quantitative estimate of drug-likeness (QED) is 0.847. The lowest BCUT2D eigenvalue weighted by atomic mass is 10.1. The summed E-state index contributed by atoms with van der Waals surface area (Å²) in [5.41, 5.74) is 2.21. The van der Waals surface area contributed by atoms with Crippen LogP contribution >= 0.6 is 15.9 Å². The second-order valence-corrected chi connectivity index (χ2v) is 3.97. The Balaban J connectivity index is 2.57. The molecule has 0 amide bonds. The van der Waals surface area contributed by atoms with Crippen molar-refractivity contribution in [3.8, 4) is 11.4 Å². The zero-order valence-electron chi connectivity index (χ0n) is 8.00. The second-order valence-electron chi connectivity index (χ2n) is 3.18. The van der Waals surface area contributed by atoms with Crippen LogP contribution in [-0.4, -0.2) is 15.2 Å². The molecule has 1 N–H and O–H groups in total. The zero-order valence-corrected chi connectivity index (χ0v) is 9.59. The molecule has 0 bridgehead atoms. The van der Waals surface area contributed by atoms with Crippen LogP contribution in [0.5, 0.6) is 0 Å². The van der Waals surface area contributed by atoms with Gasteiger partial charge in [0.15, 0.2) is 5.82 Å². The minimum absolute atomic E-state index is 0.734. The summed E-state index contributed by atoms with van der Waals surface area (Å²) in [5.74, 6) is 1.56. The van der Waals surface area contributed by atoms with Crippen LogP contribution < -0.4 is 0 Å². The Kier molecular flexibility index (Phi) is 2.37. The summed E-state index contributed by atoms with van der Waals surface area (Å²) in [5, 5.41) is 6.95. The summed E-state index contributed by atoms with van der Waals surface area (Å²) >= 11 is 3.53. The molecule has 14 heavy (non-hydrogen) atoms. The predicted octanol–water partition coefficient (Wildman–Crippen LogP) is 2.85. The van der Waals surface area contributed by atoms with Gasteiger partial charge in [-0.25, -0.2) is 4.98 Å². The molecule has 0 spiro atoms. The van der Waals surface area contributed by atoms with Crippen molar-refractivity contribution in [1.29, 1.82) is 0 Å². The number of hydrogen-bond acceptors (Lipinski definition) is 2. The Bertz CT molecular complexity index is 462. The highest BCUT2D eigenvalue weighted by Gasteiger charge is 2.08. The van der Waals surface area contributed by atoms with Crippen molar-refractivity contribution in [1.82, 2.24) is 15.2 Å². The minimum Gasteiger partial charge on any atom is -0.263 e. The molecule has 1 aromatic carbocycles. The second kappa shape index (κ2) is 3.53. The van der Waals surface area contributed by atoms with Gasteiger partial charge in [-0.2, -0.15) is 5.10 Å². The molecule has 0 aliphatic rings. The lowest BCUT2D eigenvalue weighted by Crippen LogP contribution is -1.85. The number of benzene rings is 1. The number of nitrogens with zero attached hydrogens (tertiary/aromatic N) is 2. The summed E-state index contributed by atoms with van der Waals surface area (Å²) in [7, 11) is 0. The van der Waals surface area contributed by atoms with Gasteiger partial charge in [0.05, 0.1) is 0 Å². The van der Waals surface area contributed by atoms with E-state index in [1.54, 1.807) is 0 Å². The third-order valence-electron chi connectivity index (χ3n) is 2.03. The molecule has 3 nitrogen and oxygen atoms in total. The maximum absolute atomic E-state index is 4.29. The molecule has 2 aromatic rings. The number of aryl methyl sites for hydroxylation is 2. The van der Waals surface area contributed by atoms with Crippen molar-refractivity contribution >= 4 is 15.9 Å². The third kappa shape index (κ3) is 1.57. The normalized spacial score (nSPS) is 10.5. The molecule has 1 heterocycles. The number of H-pyrrole nitrogens is 1. The van der Waals surface area contributed by atoms with Crippen molar-refractivity contribution in [3.63, 3.8) is 0 Å². The van der Waals surface area contributed by atoms with E-state index in [2.05, 4.69) is 31.1 Å². The summed E-state index contributed by atoms with van der Waals surface area (Å²) in [6.07, 6.45) is 0. The molecule has 2 rings (SSSR count). The fraction of sp³-hybridized carbons (Fsp3) is 0.200. The topological polar surface area (TPSA) is 41.6 Å². The van der Waals surface area contributed by atoms with Crippen LogP contribution in [0, 0.1) is 13.8 Å². The van der Waals surface area contributed by atoms with Gasteiger partial charge in [0.2, 0.25) is 0 Å². The molecule has 0 aliphatic carbocycles. The molecular weight excluding hydrogens is 242 g/mol. The van der Waals surface area contributed by atoms with E-state index in [1.807, 2.05) is 32.0 Å². The van der Waals surface area contributed by atoms with Crippen molar-refractivity contribution in [2.45, 2.75) is 13.8 Å². The number of halogens is 1. The van der Waals surface area contributed by atoms with Crippen molar-refractivity contribution in [2.75, 3.05) is 0 Å². The number of hydrogen-bond donors (Lipinski definition) is 1. The van der Waals surface area contributed by atoms with E-state index in [1.165, 1.54) is 5.56 Å². The highest BCUT2D eigenvalue weighted by Crippen LogP contribution is 2.28. The van der Waals surface area contributed by atoms with Crippen molar-refractivity contribution in [3.05, 3.63) is 34.1 Å². The Labute approximate surface area is 90.7 Å². The van der Waals surface area contributed by atoms with E-state index in [-0.39, 0.29) is 0 Å². The Morgan fingerprint density at radius 3 is 2.71 bits per heavy atom. The molecule has 4 heteroatoms. The highest BCUT2D eigenvalue weighted by molar-refractivity contribution is 9.10. The van der Waals surface area contributed by atoms with E-state index in [4.69, 9.17) is 0 Å². The smallest absolute Gasteiger partial charge is 0.182 e. The van der Waals surface area contributed by atoms with Gasteiger partial charge in [0.1, 0.15) is 5.82 Å². The fourth-order valence-electron chi connectivity index (χ4n) is 1.28. The molecule has 0 fully saturated rings. The first-order valence-corrected chi connectivity index (χ1v) is 5.12. The minimum atomic E-state index is 0.734. The first-order chi connectivity index (χ1) is 6.68. The van der Waals surface area contributed by atoms with Gasteiger partial charge in [0.25, 0.3) is 0 Å². The summed E-state index contributed by atoms with van der Waals surface area (Å²) in [4.78, 5) is 4.29. The van der Waals surface area contributed by atoms with E-state index in [0.717, 1.165) is 21.7 Å². The Hall–Kier alpha value is -1.16. The van der Waals surface area contributed by atoms with Gasteiger partial charge in [-0.05, 0) is 41.4 Å². The van der Waals surface area contributed by atoms with Crippen LogP contribution in [0.4, 0.5) is 0 Å². The maximum Gasteiger partial charge on any atom is 0.182 e. The molecule has 0 saturated heterocycles. The van der Waals surface area contributed by atoms with Gasteiger partial charge < -0.3 is 0 Å². The van der Waals surface area contributed by atoms with Gasteiger partial charge in [-0.3, -0.25) is 5.10 Å². The van der Waals surface area contributed by atoms with Crippen molar-refractivity contribution in [2.24, 2.45) is 0 Å². The average molecular weight is 252 g/mol. The first-order valence-electron chi connectivity index (χ1n) is 4.33. The van der Waals surface area contributed by atoms with Crippen LogP contribution in [0.2, 0.25) is 0 Å². The number of nitrogens with one attached hydrogen (secondary N) is 1. The SMILES string of the molecule is Cc1nc(-c2cccc(C)c2Br)n[nH]1. The molecular formula is C10H10BrN3. The lowest BCUT2D eigenvalue weighted by Gasteiger charge is -2.02. The Morgan fingerprint density at radius 1 is 1.29 bits per heavy atom. The van der Waals surface area contributed by atoms with Crippen LogP contribution in [0.3, 0.4) is 0 Å². The fourth-order valence-corrected chi connectivity index (χ4v) is 1.72. The molecule has 0 unspecified atom stereocenters. The monoisotopic (exact) mass is 251 g/mol. The summed E-state index contributed by atoms with van der Waals surface area (Å²) < 4.78 is 1.05. The summed E-state index contributed by atoms with van der Waals surface area (Å²) in [6, 6.07) is 6.05. The number of rotatable bonds is 1. The van der Waals surface area contributed by atoms with Crippen LogP contribution in [0.15, 0.2) is 22.7 Å². The highest BCUT2D eigenvalue weighted by atomic mass is 79.9. The zero-order chi connectivity index (χ0) is 10.1. The molecule has 1 aromatic heterocycles. The molecule has 0 aliphatic heterocycles. The lowest BCUT2D eigenvalue weighted by molar-refractivity contribution is 1.04. The van der Waals surface area contributed by atoms with Crippen LogP contribution in [0.25, 0.3) is 11.4 Å². The van der Waals surface area contributed by atoms with Crippen molar-refractivity contribution < 1.29 is 0 Å². The van der Waals surface area contributed by atoms with Gasteiger partial charge in [-0.1, -0.05) is 12.1 Å². The third-order valence-corrected chi connectivity index (χ3v) is 3.08. The van der Waals surface area contributed by atoms with E-state index < -0.39 is 0 Å². The van der Waals surface area contributed by atoms with E-state index in [0.29, 0.717) is 0 Å². The Morgan fingerprint density at radius 2 is 2.07 bits per heavy atom. The van der Waals surface area contributed by atoms with Gasteiger partial charge in [0, 0.05) is 10.0 Å². The summed E-state index contributed by atoms with van der Waals surface area (Å²) in [6.45, 7) is 3.94. The van der Waals surface area contributed by atoms with E-state index >= 15 is 0 Å².